The van der Waals surface area contributed by atoms with Crippen LogP contribution >= 0.6 is 11.6 Å². The molecule has 1 N–H and O–H groups in total. The van der Waals surface area contributed by atoms with Gasteiger partial charge in [0.05, 0.1) is 0 Å². The van der Waals surface area contributed by atoms with Crippen molar-refractivity contribution in [2.24, 2.45) is 10.8 Å². The quantitative estimate of drug-likeness (QED) is 0.740. The second-order valence-electron chi connectivity index (χ2n) is 5.76. The monoisotopic (exact) mass is 245 g/mol. The molecule has 0 bridgehead atoms. The number of alkyl halides is 1. The highest BCUT2D eigenvalue weighted by Gasteiger charge is 2.34. The van der Waals surface area contributed by atoms with Gasteiger partial charge in [-0.15, -0.1) is 11.6 Å². The van der Waals surface area contributed by atoms with Gasteiger partial charge < -0.3 is 5.32 Å². The van der Waals surface area contributed by atoms with E-state index in [0.717, 1.165) is 25.8 Å². The summed E-state index contributed by atoms with van der Waals surface area (Å²) in [4.78, 5) is 12.0. The second-order valence-corrected chi connectivity index (χ2v) is 6.03. The molecule has 0 aromatic heterocycles. The number of carbonyl (C=O) groups excluding carboxylic acids is 1. The average Bonchev–Trinajstić information content (AvgIpc) is 2.75. The van der Waals surface area contributed by atoms with Gasteiger partial charge in [0.2, 0.25) is 5.91 Å². The minimum absolute atomic E-state index is 0.159. The summed E-state index contributed by atoms with van der Waals surface area (Å²) in [7, 11) is 0. The Bertz CT molecular complexity index is 244. The first-order valence-electron chi connectivity index (χ1n) is 6.30. The van der Waals surface area contributed by atoms with Crippen molar-refractivity contribution < 1.29 is 4.79 Å². The third kappa shape index (κ3) is 3.13. The van der Waals surface area contributed by atoms with E-state index >= 15 is 0 Å². The standard InChI is InChI=1S/C13H24ClNO/c1-4-12(2,3)11(16)15-10-13(9-14)7-5-6-8-13/h4-10H2,1-3H3,(H,15,16). The Kier molecular flexibility index (Phi) is 4.66. The molecule has 3 heteroatoms. The Morgan fingerprint density at radius 1 is 1.38 bits per heavy atom. The number of rotatable bonds is 5. The molecule has 0 heterocycles. The van der Waals surface area contributed by atoms with Gasteiger partial charge in [-0.25, -0.2) is 0 Å². The first kappa shape index (κ1) is 13.8. The summed E-state index contributed by atoms with van der Waals surface area (Å²) in [5, 5.41) is 3.08. The molecule has 0 spiro atoms. The molecular weight excluding hydrogens is 222 g/mol. The zero-order chi connectivity index (χ0) is 12.2. The summed E-state index contributed by atoms with van der Waals surface area (Å²) in [6.07, 6.45) is 5.68. The molecule has 16 heavy (non-hydrogen) atoms. The summed E-state index contributed by atoms with van der Waals surface area (Å²) in [6, 6.07) is 0. The minimum Gasteiger partial charge on any atom is -0.355 e. The van der Waals surface area contributed by atoms with Gasteiger partial charge in [0, 0.05) is 23.3 Å². The van der Waals surface area contributed by atoms with Crippen molar-refractivity contribution in [2.75, 3.05) is 12.4 Å². The van der Waals surface area contributed by atoms with Crippen LogP contribution in [0.2, 0.25) is 0 Å². The van der Waals surface area contributed by atoms with Gasteiger partial charge in [0.15, 0.2) is 0 Å². The Morgan fingerprint density at radius 2 is 1.94 bits per heavy atom. The van der Waals surface area contributed by atoms with Crippen LogP contribution in [-0.2, 0) is 4.79 Å². The summed E-state index contributed by atoms with van der Waals surface area (Å²) < 4.78 is 0. The summed E-state index contributed by atoms with van der Waals surface area (Å²) in [6.45, 7) is 6.78. The zero-order valence-corrected chi connectivity index (χ0v) is 11.5. The van der Waals surface area contributed by atoms with Crippen LogP contribution in [0.4, 0.5) is 0 Å². The predicted molar refractivity (Wildman–Crippen MR) is 68.7 cm³/mol. The van der Waals surface area contributed by atoms with Crippen LogP contribution < -0.4 is 5.32 Å². The SMILES string of the molecule is CCC(C)(C)C(=O)NCC1(CCl)CCCC1. The zero-order valence-electron chi connectivity index (χ0n) is 10.7. The fourth-order valence-electron chi connectivity index (χ4n) is 2.15. The summed E-state index contributed by atoms with van der Waals surface area (Å²) in [5.74, 6) is 0.825. The second kappa shape index (κ2) is 5.39. The molecule has 0 aromatic carbocycles. The summed E-state index contributed by atoms with van der Waals surface area (Å²) >= 11 is 6.04. The Balaban J connectivity index is 2.47. The number of halogens is 1. The van der Waals surface area contributed by atoms with E-state index in [9.17, 15) is 4.79 Å². The van der Waals surface area contributed by atoms with Crippen molar-refractivity contribution in [1.29, 1.82) is 0 Å². The fourth-order valence-corrected chi connectivity index (χ4v) is 2.51. The third-order valence-electron chi connectivity index (χ3n) is 4.07. The molecule has 2 nitrogen and oxygen atoms in total. The van der Waals surface area contributed by atoms with E-state index in [-0.39, 0.29) is 16.7 Å². The molecule has 0 aromatic rings. The van der Waals surface area contributed by atoms with Crippen molar-refractivity contribution in [3.05, 3.63) is 0 Å². The molecule has 94 valence electrons. The minimum atomic E-state index is -0.258. The van der Waals surface area contributed by atoms with Gasteiger partial charge in [-0.1, -0.05) is 33.6 Å². The first-order valence-corrected chi connectivity index (χ1v) is 6.83. The van der Waals surface area contributed by atoms with Crippen LogP contribution in [0.15, 0.2) is 0 Å². The maximum absolute atomic E-state index is 12.0. The molecule has 1 aliphatic carbocycles. The molecule has 0 saturated heterocycles. The van der Waals surface area contributed by atoms with E-state index < -0.39 is 0 Å². The Morgan fingerprint density at radius 3 is 2.38 bits per heavy atom. The van der Waals surface area contributed by atoms with E-state index in [4.69, 9.17) is 11.6 Å². The van der Waals surface area contributed by atoms with Crippen molar-refractivity contribution in [3.8, 4) is 0 Å². The maximum Gasteiger partial charge on any atom is 0.225 e. The number of carbonyl (C=O) groups is 1. The van der Waals surface area contributed by atoms with E-state index in [1.165, 1.54) is 12.8 Å². The molecule has 1 aliphatic rings. The predicted octanol–water partition coefficient (Wildman–Crippen LogP) is 3.34. The van der Waals surface area contributed by atoms with Gasteiger partial charge in [0.25, 0.3) is 0 Å². The molecule has 1 rings (SSSR count). The van der Waals surface area contributed by atoms with Crippen molar-refractivity contribution in [2.45, 2.75) is 52.9 Å². The molecule has 1 fully saturated rings. The Labute approximate surface area is 104 Å². The van der Waals surface area contributed by atoms with Crippen LogP contribution in [0.1, 0.15) is 52.9 Å². The lowest BCUT2D eigenvalue weighted by Gasteiger charge is -2.29. The fraction of sp³-hybridized carbons (Fsp3) is 0.923. The van der Waals surface area contributed by atoms with Crippen molar-refractivity contribution in [1.82, 2.24) is 5.32 Å². The van der Waals surface area contributed by atoms with Crippen molar-refractivity contribution >= 4 is 17.5 Å². The van der Waals surface area contributed by atoms with E-state index in [2.05, 4.69) is 5.32 Å². The van der Waals surface area contributed by atoms with E-state index in [1.54, 1.807) is 0 Å². The first-order chi connectivity index (χ1) is 7.46. The van der Waals surface area contributed by atoms with Crippen LogP contribution in [0.5, 0.6) is 0 Å². The van der Waals surface area contributed by atoms with Crippen LogP contribution in [0.3, 0.4) is 0 Å². The normalized spacial score (nSPS) is 19.8. The molecule has 0 radical (unpaired) electrons. The molecule has 1 saturated carbocycles. The highest BCUT2D eigenvalue weighted by Crippen LogP contribution is 2.38. The lowest BCUT2D eigenvalue weighted by atomic mass is 9.86. The molecule has 0 unspecified atom stereocenters. The van der Waals surface area contributed by atoms with E-state index in [0.29, 0.717) is 5.88 Å². The van der Waals surface area contributed by atoms with Crippen LogP contribution in [0, 0.1) is 10.8 Å². The van der Waals surface area contributed by atoms with Crippen LogP contribution in [-0.4, -0.2) is 18.3 Å². The lowest BCUT2D eigenvalue weighted by molar-refractivity contribution is -0.129. The number of hydrogen-bond donors (Lipinski definition) is 1. The average molecular weight is 246 g/mol. The highest BCUT2D eigenvalue weighted by atomic mass is 35.5. The molecule has 0 aliphatic heterocycles. The van der Waals surface area contributed by atoms with E-state index in [1.807, 2.05) is 20.8 Å². The number of nitrogens with one attached hydrogen (secondary N) is 1. The lowest BCUT2D eigenvalue weighted by Crippen LogP contribution is -2.43. The number of hydrogen-bond acceptors (Lipinski definition) is 1. The maximum atomic E-state index is 12.0. The third-order valence-corrected chi connectivity index (χ3v) is 4.64. The van der Waals surface area contributed by atoms with Gasteiger partial charge >= 0.3 is 0 Å². The number of amides is 1. The van der Waals surface area contributed by atoms with Crippen LogP contribution in [0.25, 0.3) is 0 Å². The smallest absolute Gasteiger partial charge is 0.225 e. The Hall–Kier alpha value is -0.240. The molecule has 1 amide bonds. The largest absolute Gasteiger partial charge is 0.355 e. The molecule has 0 atom stereocenters. The van der Waals surface area contributed by atoms with Gasteiger partial charge in [0.1, 0.15) is 0 Å². The van der Waals surface area contributed by atoms with Crippen molar-refractivity contribution in [3.63, 3.8) is 0 Å². The van der Waals surface area contributed by atoms with Gasteiger partial charge in [-0.2, -0.15) is 0 Å². The van der Waals surface area contributed by atoms with Gasteiger partial charge in [-0.3, -0.25) is 4.79 Å². The molecular formula is C13H24ClNO. The topological polar surface area (TPSA) is 29.1 Å². The highest BCUT2D eigenvalue weighted by molar-refractivity contribution is 6.18. The summed E-state index contributed by atoms with van der Waals surface area (Å²) in [5.41, 5.74) is -0.0901. The van der Waals surface area contributed by atoms with Gasteiger partial charge in [-0.05, 0) is 19.3 Å².